The van der Waals surface area contributed by atoms with Crippen LogP contribution in [0.2, 0.25) is 0 Å². The number of H-pyrrole nitrogens is 1. The number of hydrogen-bond donors (Lipinski definition) is 5. The topological polar surface area (TPSA) is 204 Å². The molecule has 0 aliphatic carbocycles. The van der Waals surface area contributed by atoms with Gasteiger partial charge in [0.15, 0.2) is 11.9 Å². The van der Waals surface area contributed by atoms with E-state index in [4.69, 9.17) is 21.9 Å². The third-order valence-corrected chi connectivity index (χ3v) is 6.49. The maximum Gasteiger partial charge on any atom is 0.260 e. The highest BCUT2D eigenvalue weighted by molar-refractivity contribution is 7.14. The molecule has 2 unspecified atom stereocenters. The number of nitrogens with two attached hydrogens (primary N) is 3. The summed E-state index contributed by atoms with van der Waals surface area (Å²) in [5.74, 6) is 0.0410. The fourth-order valence-corrected chi connectivity index (χ4v) is 4.76. The molecular weight excluding hydrogens is 474 g/mol. The van der Waals surface area contributed by atoms with E-state index >= 15 is 0 Å². The van der Waals surface area contributed by atoms with Crippen molar-refractivity contribution in [1.29, 1.82) is 0 Å². The molecule has 1 fully saturated rings. The highest BCUT2D eigenvalue weighted by Gasteiger charge is 2.38. The number of aromatic amines is 1. The Morgan fingerprint density at radius 1 is 1.31 bits per heavy atom. The van der Waals surface area contributed by atoms with Gasteiger partial charge in [0.05, 0.1) is 34.5 Å². The average Bonchev–Trinajstić information content (AvgIpc) is 3.49. The number of benzene rings is 1. The first-order valence-corrected chi connectivity index (χ1v) is 11.2. The van der Waals surface area contributed by atoms with Gasteiger partial charge in [0, 0.05) is 23.8 Å². The number of fused-ring (bicyclic) bond motifs is 3. The molecule has 14 heteroatoms. The van der Waals surface area contributed by atoms with Crippen LogP contribution in [-0.4, -0.2) is 54.4 Å². The van der Waals surface area contributed by atoms with Gasteiger partial charge in [0.2, 0.25) is 0 Å². The van der Waals surface area contributed by atoms with Crippen LogP contribution < -0.4 is 27.7 Å². The molecular formula is C21H21N9O4S. The lowest BCUT2D eigenvalue weighted by atomic mass is 10.1. The molecule has 5 rings (SSSR count). The summed E-state index contributed by atoms with van der Waals surface area (Å²) in [5.41, 5.74) is 17.3. The van der Waals surface area contributed by atoms with Gasteiger partial charge in [0.25, 0.3) is 11.5 Å². The second-order valence-corrected chi connectivity index (χ2v) is 8.42. The zero-order valence-corrected chi connectivity index (χ0v) is 19.0. The Hall–Kier alpha value is -4.27. The fraction of sp³-hybridized carbons (Fsp3) is 0.190. The first-order valence-electron chi connectivity index (χ1n) is 10.5. The summed E-state index contributed by atoms with van der Waals surface area (Å²) < 4.78 is 11.7. The molecule has 1 aliphatic heterocycles. The van der Waals surface area contributed by atoms with E-state index in [1.807, 2.05) is 0 Å². The summed E-state index contributed by atoms with van der Waals surface area (Å²) in [6, 6.07) is 4.96. The number of ether oxygens (including phenoxy) is 1. The number of carbonyl (C=O) groups excluding carboxylic acids is 1. The molecule has 13 nitrogen and oxygen atoms in total. The second-order valence-electron chi connectivity index (χ2n) is 7.65. The maximum atomic E-state index is 13.2. The molecule has 0 bridgehead atoms. The van der Waals surface area contributed by atoms with E-state index in [2.05, 4.69) is 19.4 Å². The smallest absolute Gasteiger partial charge is 0.260 e. The van der Waals surface area contributed by atoms with Crippen LogP contribution in [0.3, 0.4) is 0 Å². The number of nitrogens with zero attached hydrogens (tertiary/aromatic N) is 5. The molecule has 0 spiro atoms. The SMILES string of the molecule is N/C=C\C(=C/N)n1ccc(N2CCOC(C(O)c3nc4ccc5c(N)nsc5c4c(=O)[nH]3)C2=O)n1. The molecule has 1 aromatic carbocycles. The number of nitrogens with one attached hydrogen (secondary N) is 1. The minimum absolute atomic E-state index is 0.0912. The second kappa shape index (κ2) is 8.83. The molecule has 4 aromatic rings. The number of aromatic nitrogens is 5. The van der Waals surface area contributed by atoms with Crippen molar-refractivity contribution >= 4 is 55.8 Å². The fourth-order valence-electron chi connectivity index (χ4n) is 3.91. The van der Waals surface area contributed by atoms with Crippen molar-refractivity contribution in [3.63, 3.8) is 0 Å². The lowest BCUT2D eigenvalue weighted by molar-refractivity contribution is -0.143. The van der Waals surface area contributed by atoms with Gasteiger partial charge in [-0.25, -0.2) is 9.67 Å². The molecule has 1 saturated heterocycles. The first kappa shape index (κ1) is 22.5. The number of hydrogen-bond acceptors (Lipinski definition) is 11. The summed E-state index contributed by atoms with van der Waals surface area (Å²) in [6.07, 6.45) is 3.00. The van der Waals surface area contributed by atoms with E-state index in [9.17, 15) is 14.7 Å². The third kappa shape index (κ3) is 3.78. The molecule has 2 atom stereocenters. The van der Waals surface area contributed by atoms with Gasteiger partial charge in [-0.15, -0.1) is 5.10 Å². The number of anilines is 2. The molecule has 4 heterocycles. The maximum absolute atomic E-state index is 13.2. The van der Waals surface area contributed by atoms with Gasteiger partial charge < -0.3 is 32.0 Å². The molecule has 8 N–H and O–H groups in total. The predicted octanol–water partition coefficient (Wildman–Crippen LogP) is 0.00640. The van der Waals surface area contributed by atoms with Crippen molar-refractivity contribution in [3.8, 4) is 0 Å². The van der Waals surface area contributed by atoms with Gasteiger partial charge in [-0.05, 0) is 35.9 Å². The van der Waals surface area contributed by atoms with Gasteiger partial charge in [-0.1, -0.05) is 0 Å². The number of allylic oxidation sites excluding steroid dienone is 2. The molecule has 0 radical (unpaired) electrons. The van der Waals surface area contributed by atoms with Crippen LogP contribution in [0.25, 0.3) is 26.7 Å². The minimum atomic E-state index is -1.52. The van der Waals surface area contributed by atoms with Crippen molar-refractivity contribution in [3.05, 3.63) is 59.1 Å². The Labute approximate surface area is 201 Å². The van der Waals surface area contributed by atoms with Crippen molar-refractivity contribution < 1.29 is 14.6 Å². The van der Waals surface area contributed by atoms with Crippen LogP contribution in [0.15, 0.2) is 47.7 Å². The summed E-state index contributed by atoms with van der Waals surface area (Å²) in [6.45, 7) is 0.362. The van der Waals surface area contributed by atoms with Gasteiger partial charge in [-0.3, -0.25) is 14.5 Å². The lowest BCUT2D eigenvalue weighted by Crippen LogP contribution is -2.50. The summed E-state index contributed by atoms with van der Waals surface area (Å²) >= 11 is 1.09. The van der Waals surface area contributed by atoms with Crippen molar-refractivity contribution in [2.45, 2.75) is 12.2 Å². The number of aliphatic hydroxyl groups is 1. The molecule has 180 valence electrons. The average molecular weight is 496 g/mol. The number of amides is 1. The molecule has 35 heavy (non-hydrogen) atoms. The summed E-state index contributed by atoms with van der Waals surface area (Å²) in [4.78, 5) is 34.4. The molecule has 0 saturated carbocycles. The number of aliphatic hydroxyl groups excluding tert-OH is 1. The standard InChI is InChI=1S/C21H21N9O4S/c22-5-3-10(9-23)30-6-4-13(27-30)29-7-8-34-16(21(29)33)15(31)19-25-12-2-1-11-17(35-28-18(11)24)14(12)20(32)26-19/h1-6,9,15-16,31H,7-8,22-23H2,(H2,24,28)(H,25,26,32)/b5-3-,10-9+. The summed E-state index contributed by atoms with van der Waals surface area (Å²) in [5, 5.41) is 16.3. The van der Waals surface area contributed by atoms with Crippen LogP contribution >= 0.6 is 11.5 Å². The lowest BCUT2D eigenvalue weighted by Gasteiger charge is -2.32. The molecule has 1 aliphatic rings. The highest BCUT2D eigenvalue weighted by atomic mass is 32.1. The first-order chi connectivity index (χ1) is 16.9. The van der Waals surface area contributed by atoms with Gasteiger partial charge in [-0.2, -0.15) is 4.37 Å². The van der Waals surface area contributed by atoms with Crippen molar-refractivity contribution in [1.82, 2.24) is 24.1 Å². The van der Waals surface area contributed by atoms with Gasteiger partial charge >= 0.3 is 0 Å². The number of nitrogen functional groups attached to an aromatic ring is 1. The van der Waals surface area contributed by atoms with E-state index in [-0.39, 0.29) is 19.0 Å². The van der Waals surface area contributed by atoms with Crippen LogP contribution in [-0.2, 0) is 9.53 Å². The van der Waals surface area contributed by atoms with Crippen molar-refractivity contribution in [2.24, 2.45) is 11.5 Å². The van der Waals surface area contributed by atoms with Crippen molar-refractivity contribution in [2.75, 3.05) is 23.8 Å². The normalized spacial score (nSPS) is 18.2. The Kier molecular flexibility index (Phi) is 5.68. The quantitative estimate of drug-likeness (QED) is 0.234. The number of morpholine rings is 1. The van der Waals surface area contributed by atoms with E-state index in [1.165, 1.54) is 22.0 Å². The number of rotatable bonds is 5. The van der Waals surface area contributed by atoms with E-state index < -0.39 is 23.7 Å². The zero-order valence-electron chi connectivity index (χ0n) is 18.2. The molecule has 3 aromatic heterocycles. The van der Waals surface area contributed by atoms with E-state index in [0.717, 1.165) is 11.5 Å². The highest BCUT2D eigenvalue weighted by Crippen LogP contribution is 2.30. The van der Waals surface area contributed by atoms with Crippen LogP contribution in [0.4, 0.5) is 11.6 Å². The zero-order chi connectivity index (χ0) is 24.7. The monoisotopic (exact) mass is 495 g/mol. The predicted molar refractivity (Wildman–Crippen MR) is 131 cm³/mol. The van der Waals surface area contributed by atoms with E-state index in [0.29, 0.717) is 38.3 Å². The Morgan fingerprint density at radius 3 is 2.91 bits per heavy atom. The Morgan fingerprint density at radius 2 is 2.14 bits per heavy atom. The summed E-state index contributed by atoms with van der Waals surface area (Å²) in [7, 11) is 0. The Balaban J connectivity index is 1.45. The Bertz CT molecular complexity index is 1550. The third-order valence-electron chi connectivity index (χ3n) is 5.60. The largest absolute Gasteiger partial charge is 0.405 e. The van der Waals surface area contributed by atoms with Crippen LogP contribution in [0.5, 0.6) is 0 Å². The van der Waals surface area contributed by atoms with Crippen LogP contribution in [0, 0.1) is 0 Å². The minimum Gasteiger partial charge on any atom is -0.405 e. The van der Waals surface area contributed by atoms with E-state index in [1.54, 1.807) is 30.5 Å². The van der Waals surface area contributed by atoms with Gasteiger partial charge in [0.1, 0.15) is 17.7 Å². The molecule has 1 amide bonds. The van der Waals surface area contributed by atoms with Crippen LogP contribution in [0.1, 0.15) is 11.9 Å². The number of carbonyl (C=O) groups is 1.